The van der Waals surface area contributed by atoms with Crippen molar-refractivity contribution in [1.82, 2.24) is 9.97 Å². The Bertz CT molecular complexity index is 692. The highest BCUT2D eigenvalue weighted by molar-refractivity contribution is 6.29. The molecule has 1 saturated carbocycles. The van der Waals surface area contributed by atoms with Crippen molar-refractivity contribution >= 4 is 17.3 Å². The van der Waals surface area contributed by atoms with Gasteiger partial charge >= 0.3 is 0 Å². The maximum absolute atomic E-state index is 10.1. The highest BCUT2D eigenvalue weighted by Crippen LogP contribution is 2.33. The molecule has 0 aromatic carbocycles. The minimum absolute atomic E-state index is 0.331. The van der Waals surface area contributed by atoms with Crippen LogP contribution in [0, 0.1) is 6.92 Å². The number of aromatic nitrogens is 2. The lowest BCUT2D eigenvalue weighted by Crippen LogP contribution is -2.35. The van der Waals surface area contributed by atoms with Crippen LogP contribution in [-0.2, 0) is 0 Å². The lowest BCUT2D eigenvalue weighted by Gasteiger charge is -2.34. The van der Waals surface area contributed by atoms with E-state index in [9.17, 15) is 5.11 Å². The van der Waals surface area contributed by atoms with E-state index in [1.165, 1.54) is 0 Å². The van der Waals surface area contributed by atoms with Gasteiger partial charge in [0.15, 0.2) is 0 Å². The molecule has 23 heavy (non-hydrogen) atoms. The predicted octanol–water partition coefficient (Wildman–Crippen LogP) is 4.21. The van der Waals surface area contributed by atoms with Crippen LogP contribution in [0.3, 0.4) is 0 Å². The van der Waals surface area contributed by atoms with Crippen molar-refractivity contribution < 1.29 is 5.11 Å². The Labute approximate surface area is 141 Å². The second-order valence-electron chi connectivity index (χ2n) is 6.63. The second-order valence-corrected chi connectivity index (χ2v) is 7.02. The monoisotopic (exact) mass is 331 g/mol. The van der Waals surface area contributed by atoms with Crippen LogP contribution in [0.25, 0.3) is 11.3 Å². The van der Waals surface area contributed by atoms with E-state index in [1.807, 2.05) is 38.1 Å². The van der Waals surface area contributed by atoms with Crippen LogP contribution >= 0.6 is 11.6 Å². The van der Waals surface area contributed by atoms with E-state index in [-0.39, 0.29) is 0 Å². The van der Waals surface area contributed by atoms with Crippen LogP contribution in [-0.4, -0.2) is 26.7 Å². The van der Waals surface area contributed by atoms with Gasteiger partial charge in [-0.15, -0.1) is 0 Å². The molecule has 0 unspecified atom stereocenters. The largest absolute Gasteiger partial charge is 0.390 e. The zero-order chi connectivity index (χ0) is 16.4. The van der Waals surface area contributed by atoms with Gasteiger partial charge in [-0.3, -0.25) is 4.98 Å². The van der Waals surface area contributed by atoms with Crippen LogP contribution in [0.2, 0.25) is 5.15 Å². The number of anilines is 1. The van der Waals surface area contributed by atoms with Gasteiger partial charge in [0.25, 0.3) is 0 Å². The Kier molecular flexibility index (Phi) is 4.55. The van der Waals surface area contributed by atoms with Crippen molar-refractivity contribution in [2.24, 2.45) is 0 Å². The van der Waals surface area contributed by atoms with Crippen LogP contribution in [0.5, 0.6) is 0 Å². The van der Waals surface area contributed by atoms with Crippen LogP contribution in [0.4, 0.5) is 5.69 Å². The fourth-order valence-corrected chi connectivity index (χ4v) is 3.21. The first-order chi connectivity index (χ1) is 10.9. The molecule has 0 spiro atoms. The minimum Gasteiger partial charge on any atom is -0.390 e. The zero-order valence-electron chi connectivity index (χ0n) is 13.5. The number of aryl methyl sites for hydroxylation is 1. The van der Waals surface area contributed by atoms with Crippen molar-refractivity contribution in [2.45, 2.75) is 51.2 Å². The van der Waals surface area contributed by atoms with Crippen molar-refractivity contribution in [1.29, 1.82) is 0 Å². The molecule has 0 saturated heterocycles. The molecule has 2 aromatic heterocycles. The van der Waals surface area contributed by atoms with E-state index in [0.29, 0.717) is 11.2 Å². The number of aliphatic hydroxyl groups is 1. The maximum atomic E-state index is 10.1. The molecular weight excluding hydrogens is 310 g/mol. The second kappa shape index (κ2) is 6.46. The van der Waals surface area contributed by atoms with Gasteiger partial charge in [-0.1, -0.05) is 17.7 Å². The van der Waals surface area contributed by atoms with Crippen molar-refractivity contribution in [2.75, 3.05) is 5.32 Å². The van der Waals surface area contributed by atoms with Crippen LogP contribution in [0.1, 0.15) is 38.3 Å². The lowest BCUT2D eigenvalue weighted by atomic mass is 9.83. The number of hydrogen-bond acceptors (Lipinski definition) is 4. The number of hydrogen-bond donors (Lipinski definition) is 2. The van der Waals surface area contributed by atoms with Gasteiger partial charge < -0.3 is 10.4 Å². The molecule has 1 aliphatic carbocycles. The number of pyridine rings is 2. The van der Waals surface area contributed by atoms with Crippen LogP contribution < -0.4 is 5.32 Å². The van der Waals surface area contributed by atoms with Crippen molar-refractivity contribution in [3.63, 3.8) is 0 Å². The number of halogens is 1. The molecule has 0 amide bonds. The third-order valence-corrected chi connectivity index (χ3v) is 4.66. The predicted molar refractivity (Wildman–Crippen MR) is 93.7 cm³/mol. The van der Waals surface area contributed by atoms with Gasteiger partial charge in [0.2, 0.25) is 0 Å². The molecule has 4 nitrogen and oxygen atoms in total. The van der Waals surface area contributed by atoms with Gasteiger partial charge in [0.05, 0.1) is 11.3 Å². The molecular formula is C18H22ClN3O. The Morgan fingerprint density at radius 3 is 2.74 bits per heavy atom. The molecule has 5 heteroatoms. The van der Waals surface area contributed by atoms with Gasteiger partial charge in [0, 0.05) is 29.2 Å². The Morgan fingerprint density at radius 2 is 2.04 bits per heavy atom. The summed E-state index contributed by atoms with van der Waals surface area (Å²) in [6.45, 7) is 3.89. The molecule has 2 heterocycles. The quantitative estimate of drug-likeness (QED) is 0.827. The topological polar surface area (TPSA) is 58.0 Å². The summed E-state index contributed by atoms with van der Waals surface area (Å²) in [6, 6.07) is 8.14. The Hall–Kier alpha value is -1.65. The maximum Gasteiger partial charge on any atom is 0.131 e. The molecule has 2 aromatic rings. The zero-order valence-corrected chi connectivity index (χ0v) is 14.3. The van der Waals surface area contributed by atoms with Gasteiger partial charge in [-0.2, -0.15) is 0 Å². The number of rotatable bonds is 3. The molecule has 0 atom stereocenters. The molecule has 1 aliphatic rings. The fourth-order valence-electron chi connectivity index (χ4n) is 3.05. The normalized spacial score (nSPS) is 24.4. The third-order valence-electron chi connectivity index (χ3n) is 4.46. The van der Waals surface area contributed by atoms with E-state index in [2.05, 4.69) is 15.3 Å². The number of nitrogens with one attached hydrogen (secondary N) is 1. The smallest absolute Gasteiger partial charge is 0.131 e. The van der Waals surface area contributed by atoms with Gasteiger partial charge in [-0.25, -0.2) is 4.98 Å². The van der Waals surface area contributed by atoms with E-state index in [4.69, 9.17) is 11.6 Å². The summed E-state index contributed by atoms with van der Waals surface area (Å²) in [6.07, 6.45) is 5.26. The molecule has 0 bridgehead atoms. The molecule has 2 N–H and O–H groups in total. The summed E-state index contributed by atoms with van der Waals surface area (Å²) >= 11 is 6.09. The first-order valence-corrected chi connectivity index (χ1v) is 8.39. The molecule has 122 valence electrons. The van der Waals surface area contributed by atoms with E-state index in [1.54, 1.807) is 6.20 Å². The number of nitrogens with zero attached hydrogens (tertiary/aromatic N) is 2. The fraction of sp³-hybridized carbons (Fsp3) is 0.444. The van der Waals surface area contributed by atoms with Gasteiger partial charge in [-0.05, 0) is 57.7 Å². The first-order valence-electron chi connectivity index (χ1n) is 8.01. The van der Waals surface area contributed by atoms with E-state index >= 15 is 0 Å². The minimum atomic E-state index is -0.533. The third kappa shape index (κ3) is 4.01. The molecule has 1 fully saturated rings. The SMILES string of the molecule is Cc1cccc(-c2cnc(Cl)cc2NC2CCC(C)(O)CC2)n1. The highest BCUT2D eigenvalue weighted by atomic mass is 35.5. The average molecular weight is 332 g/mol. The summed E-state index contributed by atoms with van der Waals surface area (Å²) in [5, 5.41) is 14.1. The van der Waals surface area contributed by atoms with Gasteiger partial charge in [0.1, 0.15) is 5.15 Å². The summed E-state index contributed by atoms with van der Waals surface area (Å²) in [5.41, 5.74) is 3.23. The van der Waals surface area contributed by atoms with Crippen molar-refractivity contribution in [3.8, 4) is 11.3 Å². The standard InChI is InChI=1S/C18H22ClN3O/c1-12-4-3-5-15(21-12)14-11-20-17(19)10-16(14)22-13-6-8-18(2,23)9-7-13/h3-5,10-11,13,23H,6-9H2,1-2H3,(H,20,22). The lowest BCUT2D eigenvalue weighted by molar-refractivity contribution is 0.0196. The average Bonchev–Trinajstić information content (AvgIpc) is 2.50. The molecule has 0 radical (unpaired) electrons. The summed E-state index contributed by atoms with van der Waals surface area (Å²) < 4.78 is 0. The first kappa shape index (κ1) is 16.2. The Balaban J connectivity index is 1.85. The van der Waals surface area contributed by atoms with Crippen LogP contribution in [0.15, 0.2) is 30.5 Å². The van der Waals surface area contributed by atoms with E-state index in [0.717, 1.165) is 48.3 Å². The summed E-state index contributed by atoms with van der Waals surface area (Å²) in [7, 11) is 0. The molecule has 0 aliphatic heterocycles. The summed E-state index contributed by atoms with van der Waals surface area (Å²) in [5.74, 6) is 0. The van der Waals surface area contributed by atoms with Crippen molar-refractivity contribution in [3.05, 3.63) is 41.3 Å². The molecule has 3 rings (SSSR count). The highest BCUT2D eigenvalue weighted by Gasteiger charge is 2.29. The van der Waals surface area contributed by atoms with E-state index < -0.39 is 5.60 Å². The Morgan fingerprint density at radius 1 is 1.30 bits per heavy atom. The summed E-state index contributed by atoms with van der Waals surface area (Å²) in [4.78, 5) is 8.79.